The zero-order valence-corrected chi connectivity index (χ0v) is 13.5. The molecule has 0 aromatic heterocycles. The molecule has 110 valence electrons. The van der Waals surface area contributed by atoms with Gasteiger partial charge in [0.2, 0.25) is 0 Å². The monoisotopic (exact) mass is 292 g/mol. The summed E-state index contributed by atoms with van der Waals surface area (Å²) in [5.41, 5.74) is 4.24. The molecule has 4 heteroatoms. The van der Waals surface area contributed by atoms with Crippen molar-refractivity contribution in [1.29, 1.82) is 0 Å². The van der Waals surface area contributed by atoms with Gasteiger partial charge in [-0.1, -0.05) is 50.0 Å². The van der Waals surface area contributed by atoms with E-state index >= 15 is 0 Å². The molecule has 1 aromatic rings. The average Bonchev–Trinajstić information content (AvgIpc) is 2.39. The zero-order chi connectivity index (χ0) is 15.0. The fourth-order valence-electron chi connectivity index (χ4n) is 1.56. The summed E-state index contributed by atoms with van der Waals surface area (Å²) in [7, 11) is -1.49. The van der Waals surface area contributed by atoms with Gasteiger partial charge in [0.15, 0.2) is 0 Å². The van der Waals surface area contributed by atoms with Crippen LogP contribution in [0.5, 0.6) is 0 Å². The summed E-state index contributed by atoms with van der Waals surface area (Å²) < 4.78 is 5.48. The summed E-state index contributed by atoms with van der Waals surface area (Å²) in [4.78, 5) is 0. The van der Waals surface area contributed by atoms with Crippen LogP contribution in [0.25, 0.3) is 0 Å². The average molecular weight is 292 g/mol. The molecule has 2 atom stereocenters. The van der Waals surface area contributed by atoms with Gasteiger partial charge in [0, 0.05) is 0 Å². The molecule has 0 unspecified atom stereocenters. The molecule has 0 saturated carbocycles. The number of ether oxygens (including phenoxy) is 1. The van der Waals surface area contributed by atoms with E-state index in [0.717, 1.165) is 5.56 Å². The van der Waals surface area contributed by atoms with Crippen molar-refractivity contribution in [3.8, 4) is 11.5 Å². The summed E-state index contributed by atoms with van der Waals surface area (Å²) in [5, 5.41) is 19.3. The molecule has 3 nitrogen and oxygen atoms in total. The Morgan fingerprint density at radius 2 is 1.85 bits per heavy atom. The highest BCUT2D eigenvalue weighted by molar-refractivity contribution is 6.83. The van der Waals surface area contributed by atoms with Crippen molar-refractivity contribution in [3.63, 3.8) is 0 Å². The maximum absolute atomic E-state index is 10.0. The van der Waals surface area contributed by atoms with E-state index in [9.17, 15) is 10.2 Å². The minimum absolute atomic E-state index is 0.145. The molecule has 0 fully saturated rings. The third-order valence-electron chi connectivity index (χ3n) is 2.69. The first-order chi connectivity index (χ1) is 9.42. The quantitative estimate of drug-likeness (QED) is 0.623. The molecule has 0 heterocycles. The van der Waals surface area contributed by atoms with E-state index in [1.807, 2.05) is 30.3 Å². The number of benzene rings is 1. The lowest BCUT2D eigenvalue weighted by atomic mass is 10.1. The van der Waals surface area contributed by atoms with Crippen LogP contribution in [0.4, 0.5) is 0 Å². The topological polar surface area (TPSA) is 49.7 Å². The van der Waals surface area contributed by atoms with E-state index < -0.39 is 20.1 Å². The molecule has 0 aliphatic heterocycles. The van der Waals surface area contributed by atoms with Gasteiger partial charge in [0.05, 0.1) is 31.8 Å². The number of aliphatic hydroxyl groups is 2. The van der Waals surface area contributed by atoms with Gasteiger partial charge >= 0.3 is 0 Å². The summed E-state index contributed by atoms with van der Waals surface area (Å²) in [6.45, 7) is 6.89. The summed E-state index contributed by atoms with van der Waals surface area (Å²) >= 11 is 0. The molecular formula is C16H24O3Si. The molecular weight excluding hydrogens is 268 g/mol. The van der Waals surface area contributed by atoms with Gasteiger partial charge in [-0.15, -0.1) is 11.5 Å². The maximum Gasteiger partial charge on any atom is 0.129 e. The van der Waals surface area contributed by atoms with Crippen molar-refractivity contribution < 1.29 is 14.9 Å². The Labute approximate surface area is 122 Å². The van der Waals surface area contributed by atoms with Gasteiger partial charge in [0.1, 0.15) is 8.07 Å². The lowest BCUT2D eigenvalue weighted by molar-refractivity contribution is -0.00108. The number of aliphatic hydroxyl groups excluding tert-OH is 2. The number of hydrogen-bond donors (Lipinski definition) is 2. The van der Waals surface area contributed by atoms with Crippen molar-refractivity contribution in [1.82, 2.24) is 0 Å². The van der Waals surface area contributed by atoms with Crippen LogP contribution < -0.4 is 0 Å². The Kier molecular flexibility index (Phi) is 6.96. The first kappa shape index (κ1) is 16.9. The Morgan fingerprint density at radius 1 is 1.20 bits per heavy atom. The van der Waals surface area contributed by atoms with E-state index in [0.29, 0.717) is 6.61 Å². The molecule has 0 spiro atoms. The normalized spacial score (nSPS) is 14.2. The third kappa shape index (κ3) is 6.87. The SMILES string of the molecule is C[Si](C)(C)C#C[C@@H](CO)[C@@H](O)COCc1ccccc1. The number of hydrogen-bond acceptors (Lipinski definition) is 3. The van der Waals surface area contributed by atoms with Crippen LogP contribution in [-0.4, -0.2) is 37.6 Å². The van der Waals surface area contributed by atoms with Crippen LogP contribution >= 0.6 is 0 Å². The standard InChI is InChI=1S/C16H24O3Si/c1-20(2,3)10-9-15(11-17)16(18)13-19-12-14-7-5-4-6-8-14/h4-8,15-18H,11-13H2,1-3H3/t15-,16-/m0/s1. The van der Waals surface area contributed by atoms with Gasteiger partial charge in [-0.2, -0.15) is 0 Å². The Morgan fingerprint density at radius 3 is 2.40 bits per heavy atom. The van der Waals surface area contributed by atoms with E-state index in [1.165, 1.54) is 0 Å². The Bertz CT molecular complexity index is 442. The third-order valence-corrected chi connectivity index (χ3v) is 3.59. The Balaban J connectivity index is 2.43. The van der Waals surface area contributed by atoms with Crippen molar-refractivity contribution >= 4 is 8.07 Å². The lowest BCUT2D eigenvalue weighted by Crippen LogP contribution is -2.28. The second-order valence-electron chi connectivity index (χ2n) is 5.88. The minimum Gasteiger partial charge on any atom is -0.395 e. The van der Waals surface area contributed by atoms with Gasteiger partial charge in [-0.3, -0.25) is 0 Å². The lowest BCUT2D eigenvalue weighted by Gasteiger charge is -2.17. The molecule has 0 radical (unpaired) electrons. The summed E-state index contributed by atoms with van der Waals surface area (Å²) in [6.07, 6.45) is -0.757. The van der Waals surface area contributed by atoms with E-state index in [4.69, 9.17) is 4.74 Å². The van der Waals surface area contributed by atoms with Crippen molar-refractivity contribution in [2.75, 3.05) is 13.2 Å². The molecule has 0 saturated heterocycles. The zero-order valence-electron chi connectivity index (χ0n) is 12.5. The largest absolute Gasteiger partial charge is 0.395 e. The summed E-state index contributed by atoms with van der Waals surface area (Å²) in [6, 6.07) is 9.80. The predicted octanol–water partition coefficient (Wildman–Crippen LogP) is 2.05. The highest BCUT2D eigenvalue weighted by Gasteiger charge is 2.17. The molecule has 0 aliphatic carbocycles. The molecule has 1 rings (SSSR count). The second kappa shape index (κ2) is 8.23. The molecule has 0 bridgehead atoms. The fraction of sp³-hybridized carbons (Fsp3) is 0.500. The van der Waals surface area contributed by atoms with E-state index in [1.54, 1.807) is 0 Å². The maximum atomic E-state index is 10.0. The van der Waals surface area contributed by atoms with Crippen LogP contribution in [0.15, 0.2) is 30.3 Å². The smallest absolute Gasteiger partial charge is 0.129 e. The highest BCUT2D eigenvalue weighted by Crippen LogP contribution is 2.07. The second-order valence-corrected chi connectivity index (χ2v) is 10.6. The van der Waals surface area contributed by atoms with Gasteiger partial charge in [-0.05, 0) is 5.56 Å². The molecule has 0 aliphatic rings. The number of rotatable bonds is 6. The van der Waals surface area contributed by atoms with E-state index in [-0.39, 0.29) is 13.2 Å². The van der Waals surface area contributed by atoms with E-state index in [2.05, 4.69) is 31.1 Å². The van der Waals surface area contributed by atoms with Gasteiger partial charge < -0.3 is 14.9 Å². The van der Waals surface area contributed by atoms with Crippen LogP contribution in [0, 0.1) is 17.4 Å². The van der Waals surface area contributed by atoms with Gasteiger partial charge in [-0.25, -0.2) is 0 Å². The molecule has 1 aromatic carbocycles. The Hall–Kier alpha value is -1.12. The summed E-state index contributed by atoms with van der Waals surface area (Å²) in [5.74, 6) is 2.56. The van der Waals surface area contributed by atoms with Gasteiger partial charge in [0.25, 0.3) is 0 Å². The molecule has 0 amide bonds. The van der Waals surface area contributed by atoms with Crippen LogP contribution in [-0.2, 0) is 11.3 Å². The minimum atomic E-state index is -1.49. The van der Waals surface area contributed by atoms with Crippen molar-refractivity contribution in [2.45, 2.75) is 32.4 Å². The first-order valence-corrected chi connectivity index (χ1v) is 10.4. The predicted molar refractivity (Wildman–Crippen MR) is 83.8 cm³/mol. The molecule has 20 heavy (non-hydrogen) atoms. The van der Waals surface area contributed by atoms with Crippen LogP contribution in [0.1, 0.15) is 5.56 Å². The molecule has 2 N–H and O–H groups in total. The first-order valence-electron chi connectivity index (χ1n) is 6.85. The van der Waals surface area contributed by atoms with Crippen molar-refractivity contribution in [2.24, 2.45) is 5.92 Å². The van der Waals surface area contributed by atoms with Crippen molar-refractivity contribution in [3.05, 3.63) is 35.9 Å². The fourth-order valence-corrected chi connectivity index (χ4v) is 2.18. The van der Waals surface area contributed by atoms with Crippen LogP contribution in [0.2, 0.25) is 19.6 Å². The van der Waals surface area contributed by atoms with Crippen LogP contribution in [0.3, 0.4) is 0 Å². The highest BCUT2D eigenvalue weighted by atomic mass is 28.3.